The Morgan fingerprint density at radius 1 is 1.10 bits per heavy atom. The van der Waals surface area contributed by atoms with Crippen molar-refractivity contribution in [3.63, 3.8) is 0 Å². The number of ketones is 1. The SMILES string of the molecule is COc1cc(C)ccc1C(=O)c1cc2cccc(C)c2o1. The summed E-state index contributed by atoms with van der Waals surface area (Å²) in [7, 11) is 1.56. The Kier molecular flexibility index (Phi) is 3.26. The molecule has 0 amide bonds. The minimum atomic E-state index is -0.164. The Bertz CT molecular complexity index is 828. The van der Waals surface area contributed by atoms with E-state index in [1.54, 1.807) is 19.2 Å². The highest BCUT2D eigenvalue weighted by molar-refractivity contribution is 6.10. The predicted octanol–water partition coefficient (Wildman–Crippen LogP) is 4.29. The van der Waals surface area contributed by atoms with E-state index in [4.69, 9.17) is 9.15 Å². The number of rotatable bonds is 3. The van der Waals surface area contributed by atoms with Crippen LogP contribution in [0.3, 0.4) is 0 Å². The van der Waals surface area contributed by atoms with Crippen LogP contribution >= 0.6 is 0 Å². The number of fused-ring (bicyclic) bond motifs is 1. The fourth-order valence-electron chi connectivity index (χ4n) is 2.44. The molecule has 0 aliphatic carbocycles. The van der Waals surface area contributed by atoms with E-state index in [1.807, 2.05) is 44.2 Å². The lowest BCUT2D eigenvalue weighted by Crippen LogP contribution is -2.03. The largest absolute Gasteiger partial charge is 0.496 e. The van der Waals surface area contributed by atoms with Gasteiger partial charge in [0.05, 0.1) is 12.7 Å². The first-order valence-corrected chi connectivity index (χ1v) is 6.78. The van der Waals surface area contributed by atoms with Gasteiger partial charge in [-0.1, -0.05) is 24.3 Å². The summed E-state index contributed by atoms with van der Waals surface area (Å²) in [6.45, 7) is 3.92. The molecule has 2 aromatic carbocycles. The number of carbonyl (C=O) groups excluding carboxylic acids is 1. The van der Waals surface area contributed by atoms with Crippen molar-refractivity contribution in [1.29, 1.82) is 0 Å². The van der Waals surface area contributed by atoms with Gasteiger partial charge in [-0.15, -0.1) is 0 Å². The molecular formula is C18H16O3. The Morgan fingerprint density at radius 2 is 1.90 bits per heavy atom. The zero-order chi connectivity index (χ0) is 15.0. The van der Waals surface area contributed by atoms with E-state index >= 15 is 0 Å². The Balaban J connectivity index is 2.10. The molecule has 3 nitrogen and oxygen atoms in total. The molecule has 0 unspecified atom stereocenters. The fourth-order valence-corrected chi connectivity index (χ4v) is 2.44. The number of hydrogen-bond acceptors (Lipinski definition) is 3. The van der Waals surface area contributed by atoms with Crippen LogP contribution in [0.25, 0.3) is 11.0 Å². The summed E-state index contributed by atoms with van der Waals surface area (Å²) in [4.78, 5) is 12.6. The highest BCUT2D eigenvalue weighted by Gasteiger charge is 2.19. The molecule has 106 valence electrons. The van der Waals surface area contributed by atoms with Crippen LogP contribution in [0, 0.1) is 13.8 Å². The van der Waals surface area contributed by atoms with Crippen LogP contribution in [0.4, 0.5) is 0 Å². The van der Waals surface area contributed by atoms with Crippen molar-refractivity contribution in [1.82, 2.24) is 0 Å². The molecule has 21 heavy (non-hydrogen) atoms. The van der Waals surface area contributed by atoms with Crippen molar-refractivity contribution in [2.75, 3.05) is 7.11 Å². The molecule has 1 aromatic heterocycles. The number of aryl methyl sites for hydroxylation is 2. The minimum absolute atomic E-state index is 0.164. The molecule has 3 heteroatoms. The van der Waals surface area contributed by atoms with Crippen molar-refractivity contribution in [3.05, 3.63) is 64.9 Å². The smallest absolute Gasteiger partial charge is 0.231 e. The maximum absolute atomic E-state index is 12.6. The lowest BCUT2D eigenvalue weighted by atomic mass is 10.1. The van der Waals surface area contributed by atoms with Crippen molar-refractivity contribution in [3.8, 4) is 5.75 Å². The molecule has 3 rings (SSSR count). The van der Waals surface area contributed by atoms with Crippen LogP contribution in [-0.4, -0.2) is 12.9 Å². The number of methoxy groups -OCH3 is 1. The lowest BCUT2D eigenvalue weighted by molar-refractivity contribution is 0.101. The van der Waals surface area contributed by atoms with Gasteiger partial charge in [0.25, 0.3) is 0 Å². The van der Waals surface area contributed by atoms with Gasteiger partial charge in [-0.25, -0.2) is 0 Å². The Labute approximate surface area is 123 Å². The zero-order valence-corrected chi connectivity index (χ0v) is 12.3. The molecule has 0 bridgehead atoms. The summed E-state index contributed by atoms with van der Waals surface area (Å²) in [5, 5.41) is 0.935. The second-order valence-corrected chi connectivity index (χ2v) is 5.14. The lowest BCUT2D eigenvalue weighted by Gasteiger charge is -2.07. The Hall–Kier alpha value is -2.55. The number of ether oxygens (including phenoxy) is 1. The average Bonchev–Trinajstić information content (AvgIpc) is 2.92. The molecule has 1 heterocycles. The third kappa shape index (κ3) is 2.31. The summed E-state index contributed by atoms with van der Waals surface area (Å²) in [6, 6.07) is 13.2. The van der Waals surface area contributed by atoms with Gasteiger partial charge in [-0.2, -0.15) is 0 Å². The van der Waals surface area contributed by atoms with E-state index in [1.165, 1.54) is 0 Å². The predicted molar refractivity (Wildman–Crippen MR) is 82.1 cm³/mol. The first-order chi connectivity index (χ1) is 10.1. The topological polar surface area (TPSA) is 39.4 Å². The van der Waals surface area contributed by atoms with Gasteiger partial charge in [0.1, 0.15) is 11.3 Å². The van der Waals surface area contributed by atoms with Crippen molar-refractivity contribution < 1.29 is 13.9 Å². The standard InChI is InChI=1S/C18H16O3/c1-11-7-8-14(15(9-11)20-3)17(19)16-10-13-6-4-5-12(2)18(13)21-16/h4-10H,1-3H3. The number of benzene rings is 2. The van der Waals surface area contributed by atoms with Gasteiger partial charge in [0.2, 0.25) is 5.78 Å². The summed E-state index contributed by atoms with van der Waals surface area (Å²) in [6.07, 6.45) is 0. The first-order valence-electron chi connectivity index (χ1n) is 6.78. The molecule has 0 aliphatic rings. The molecule has 0 saturated heterocycles. The van der Waals surface area contributed by atoms with E-state index in [0.29, 0.717) is 17.1 Å². The summed E-state index contributed by atoms with van der Waals surface area (Å²) in [5.41, 5.74) is 3.33. The van der Waals surface area contributed by atoms with Gasteiger partial charge in [0.15, 0.2) is 5.76 Å². The van der Waals surface area contributed by atoms with Gasteiger partial charge in [0, 0.05) is 5.39 Å². The number of para-hydroxylation sites is 1. The summed E-state index contributed by atoms with van der Waals surface area (Å²) in [5.74, 6) is 0.737. The zero-order valence-electron chi connectivity index (χ0n) is 12.3. The normalized spacial score (nSPS) is 10.8. The maximum atomic E-state index is 12.6. The van der Waals surface area contributed by atoms with E-state index in [9.17, 15) is 4.79 Å². The van der Waals surface area contributed by atoms with Crippen molar-refractivity contribution >= 4 is 16.8 Å². The molecule has 0 fully saturated rings. The van der Waals surface area contributed by atoms with Crippen molar-refractivity contribution in [2.45, 2.75) is 13.8 Å². The highest BCUT2D eigenvalue weighted by Crippen LogP contribution is 2.27. The highest BCUT2D eigenvalue weighted by atomic mass is 16.5. The van der Waals surface area contributed by atoms with E-state index in [0.717, 1.165) is 22.1 Å². The van der Waals surface area contributed by atoms with Crippen molar-refractivity contribution in [2.24, 2.45) is 0 Å². The first kappa shape index (κ1) is 13.4. The van der Waals surface area contributed by atoms with Gasteiger partial charge >= 0.3 is 0 Å². The minimum Gasteiger partial charge on any atom is -0.496 e. The third-order valence-corrected chi connectivity index (χ3v) is 3.57. The number of furan rings is 1. The van der Waals surface area contributed by atoms with E-state index in [-0.39, 0.29) is 5.78 Å². The van der Waals surface area contributed by atoms with Crippen LogP contribution in [0.1, 0.15) is 27.2 Å². The van der Waals surface area contributed by atoms with Gasteiger partial charge in [-0.3, -0.25) is 4.79 Å². The van der Waals surface area contributed by atoms with Gasteiger partial charge in [-0.05, 0) is 43.2 Å². The molecule has 3 aromatic rings. The Morgan fingerprint density at radius 3 is 2.62 bits per heavy atom. The maximum Gasteiger partial charge on any atom is 0.231 e. The second-order valence-electron chi connectivity index (χ2n) is 5.14. The van der Waals surface area contributed by atoms with E-state index in [2.05, 4.69) is 0 Å². The van der Waals surface area contributed by atoms with Crippen LogP contribution in [-0.2, 0) is 0 Å². The molecule has 0 saturated carbocycles. The van der Waals surface area contributed by atoms with Crippen LogP contribution < -0.4 is 4.74 Å². The molecule has 0 N–H and O–H groups in total. The number of carbonyl (C=O) groups is 1. The van der Waals surface area contributed by atoms with E-state index < -0.39 is 0 Å². The quantitative estimate of drug-likeness (QED) is 0.672. The summed E-state index contributed by atoms with van der Waals surface area (Å²) >= 11 is 0. The molecule has 0 aliphatic heterocycles. The average molecular weight is 280 g/mol. The number of hydrogen-bond donors (Lipinski definition) is 0. The molecular weight excluding hydrogens is 264 g/mol. The molecule has 0 spiro atoms. The van der Waals surface area contributed by atoms with Crippen LogP contribution in [0.2, 0.25) is 0 Å². The van der Waals surface area contributed by atoms with Crippen LogP contribution in [0.5, 0.6) is 5.75 Å². The fraction of sp³-hybridized carbons (Fsp3) is 0.167. The van der Waals surface area contributed by atoms with Crippen LogP contribution in [0.15, 0.2) is 46.9 Å². The van der Waals surface area contributed by atoms with Gasteiger partial charge < -0.3 is 9.15 Å². The molecule has 0 radical (unpaired) electrons. The monoisotopic (exact) mass is 280 g/mol. The summed E-state index contributed by atoms with van der Waals surface area (Å²) < 4.78 is 11.0. The second kappa shape index (κ2) is 5.09. The third-order valence-electron chi connectivity index (χ3n) is 3.57. The molecule has 0 atom stereocenters.